The average Bonchev–Trinajstić information content (AvgIpc) is 3.14. The third kappa shape index (κ3) is 4.29. The van der Waals surface area contributed by atoms with E-state index in [0.717, 1.165) is 27.9 Å². The molecule has 46 heavy (non-hydrogen) atoms. The number of pyridine rings is 1. The first kappa shape index (κ1) is 27.5. The van der Waals surface area contributed by atoms with Gasteiger partial charge in [0.05, 0.1) is 5.69 Å². The Balaban J connectivity index is 1.41. The highest BCUT2D eigenvalue weighted by atomic mass is 28.3. The van der Waals surface area contributed by atoms with E-state index >= 15 is 0 Å². The Morgan fingerprint density at radius 1 is 0.457 bits per heavy atom. The zero-order valence-corrected chi connectivity index (χ0v) is 26.1. The fourth-order valence-electron chi connectivity index (χ4n) is 7.16. The van der Waals surface area contributed by atoms with Crippen LogP contribution in [0, 0.1) is 11.3 Å². The Kier molecular flexibility index (Phi) is 6.87. The van der Waals surface area contributed by atoms with Gasteiger partial charge in [0, 0.05) is 28.7 Å². The van der Waals surface area contributed by atoms with Gasteiger partial charge in [-0.25, -0.2) is 4.98 Å². The Morgan fingerprint density at radius 3 is 1.48 bits per heavy atom. The van der Waals surface area contributed by atoms with Gasteiger partial charge in [-0.15, -0.1) is 0 Å². The van der Waals surface area contributed by atoms with Gasteiger partial charge in [0.25, 0.3) is 0 Å². The number of para-hydroxylation sites is 3. The molecule has 0 spiro atoms. The number of benzene rings is 6. The first-order valence-electron chi connectivity index (χ1n) is 15.5. The summed E-state index contributed by atoms with van der Waals surface area (Å²) in [6.45, 7) is 0. The number of rotatable bonds is 5. The Bertz CT molecular complexity index is 2130. The van der Waals surface area contributed by atoms with E-state index in [1.807, 2.05) is 6.07 Å². The molecule has 0 fully saturated rings. The summed E-state index contributed by atoms with van der Waals surface area (Å²) in [5.74, 6) is 0. The van der Waals surface area contributed by atoms with Gasteiger partial charge in [0.2, 0.25) is 0 Å². The number of nitriles is 1. The van der Waals surface area contributed by atoms with Crippen LogP contribution in [0.5, 0.6) is 0 Å². The van der Waals surface area contributed by atoms with E-state index in [9.17, 15) is 5.26 Å². The van der Waals surface area contributed by atoms with E-state index in [-0.39, 0.29) is 0 Å². The number of nitrogens with zero attached hydrogens (tertiary/aromatic N) is 3. The molecule has 0 aliphatic carbocycles. The van der Waals surface area contributed by atoms with Crippen molar-refractivity contribution in [3.05, 3.63) is 182 Å². The van der Waals surface area contributed by atoms with Gasteiger partial charge in [-0.05, 0) is 62.2 Å². The molecule has 0 atom stereocenters. The molecule has 0 bridgehead atoms. The van der Waals surface area contributed by atoms with Crippen LogP contribution in [0.15, 0.2) is 176 Å². The zero-order chi connectivity index (χ0) is 30.9. The van der Waals surface area contributed by atoms with E-state index < -0.39 is 8.07 Å². The van der Waals surface area contributed by atoms with Crippen LogP contribution in [-0.4, -0.2) is 13.1 Å². The zero-order valence-electron chi connectivity index (χ0n) is 25.1. The molecule has 1 aliphatic rings. The number of aromatic nitrogens is 1. The molecule has 6 aromatic carbocycles. The topological polar surface area (TPSA) is 39.9 Å². The van der Waals surface area contributed by atoms with E-state index in [0.29, 0.717) is 5.69 Å². The summed E-state index contributed by atoms with van der Waals surface area (Å²) in [5.41, 5.74) is 8.20. The quantitative estimate of drug-likeness (QED) is 0.192. The lowest BCUT2D eigenvalue weighted by Gasteiger charge is -2.45. The van der Waals surface area contributed by atoms with Crippen LogP contribution in [-0.2, 0) is 0 Å². The molecular weight excluding hydrogens is 575 g/mol. The predicted molar refractivity (Wildman–Crippen MR) is 192 cm³/mol. The van der Waals surface area contributed by atoms with Gasteiger partial charge in [-0.1, -0.05) is 140 Å². The molecule has 4 heteroatoms. The minimum Gasteiger partial charge on any atom is -0.310 e. The third-order valence-corrected chi connectivity index (χ3v) is 13.9. The van der Waals surface area contributed by atoms with Gasteiger partial charge < -0.3 is 4.90 Å². The Morgan fingerprint density at radius 2 is 0.935 bits per heavy atom. The van der Waals surface area contributed by atoms with Crippen LogP contribution in [0.25, 0.3) is 22.3 Å². The third-order valence-electron chi connectivity index (χ3n) is 9.06. The molecule has 0 saturated carbocycles. The van der Waals surface area contributed by atoms with Gasteiger partial charge in [0.1, 0.15) is 11.8 Å². The van der Waals surface area contributed by atoms with E-state index in [1.54, 1.807) is 12.3 Å². The van der Waals surface area contributed by atoms with Crippen molar-refractivity contribution < 1.29 is 0 Å². The first-order valence-corrected chi connectivity index (χ1v) is 17.5. The van der Waals surface area contributed by atoms with Crippen LogP contribution in [0.1, 0.15) is 5.69 Å². The van der Waals surface area contributed by atoms with Gasteiger partial charge in [0.15, 0.2) is 8.07 Å². The first-order chi connectivity index (χ1) is 22.8. The molecule has 0 amide bonds. The van der Waals surface area contributed by atoms with E-state index in [1.165, 1.54) is 32.1 Å². The maximum absolute atomic E-state index is 9.34. The highest BCUT2D eigenvalue weighted by Gasteiger charge is 2.48. The smallest absolute Gasteiger partial charge is 0.184 e. The van der Waals surface area contributed by atoms with Crippen molar-refractivity contribution in [2.24, 2.45) is 0 Å². The minimum absolute atomic E-state index is 0.410. The molecule has 3 nitrogen and oxygen atoms in total. The van der Waals surface area contributed by atoms with Crippen molar-refractivity contribution in [1.29, 1.82) is 5.26 Å². The Labute approximate surface area is 270 Å². The van der Waals surface area contributed by atoms with Crippen LogP contribution >= 0.6 is 0 Å². The van der Waals surface area contributed by atoms with Crippen molar-refractivity contribution >= 4 is 45.9 Å². The monoisotopic (exact) mass is 603 g/mol. The molecule has 0 N–H and O–H groups in total. The minimum atomic E-state index is -2.70. The fraction of sp³-hybridized carbons (Fsp3) is 0. The average molecular weight is 604 g/mol. The summed E-state index contributed by atoms with van der Waals surface area (Å²) in [7, 11) is -2.70. The summed E-state index contributed by atoms with van der Waals surface area (Å²) in [6.07, 6.45) is 1.80. The second kappa shape index (κ2) is 11.5. The van der Waals surface area contributed by atoms with Gasteiger partial charge in [-0.3, -0.25) is 0 Å². The lowest BCUT2D eigenvalue weighted by molar-refractivity contribution is 1.26. The second-order valence-corrected chi connectivity index (χ2v) is 15.2. The number of hydrogen-bond acceptors (Lipinski definition) is 3. The number of fused-ring (bicyclic) bond motifs is 2. The summed E-state index contributed by atoms with van der Waals surface area (Å²) in [4.78, 5) is 6.85. The predicted octanol–water partition coefficient (Wildman–Crippen LogP) is 7.45. The van der Waals surface area contributed by atoms with Crippen molar-refractivity contribution in [2.75, 3.05) is 4.90 Å². The molecule has 1 aromatic heterocycles. The highest BCUT2D eigenvalue weighted by molar-refractivity contribution is 7.21. The number of hydrogen-bond donors (Lipinski definition) is 0. The van der Waals surface area contributed by atoms with Crippen LogP contribution in [0.4, 0.5) is 17.1 Å². The van der Waals surface area contributed by atoms with Crippen LogP contribution in [0.3, 0.4) is 0 Å². The van der Waals surface area contributed by atoms with Crippen molar-refractivity contribution in [3.63, 3.8) is 0 Å². The normalized spacial score (nSPS) is 12.9. The summed E-state index contributed by atoms with van der Waals surface area (Å²) in [5, 5.41) is 14.8. The maximum atomic E-state index is 9.34. The Hall–Kier alpha value is -6.02. The molecule has 1 aliphatic heterocycles. The van der Waals surface area contributed by atoms with Gasteiger partial charge in [-0.2, -0.15) is 5.26 Å². The molecular formula is C42H29N3Si. The van der Waals surface area contributed by atoms with Crippen LogP contribution in [0.2, 0.25) is 0 Å². The van der Waals surface area contributed by atoms with Crippen molar-refractivity contribution in [3.8, 4) is 28.3 Å². The summed E-state index contributed by atoms with van der Waals surface area (Å²) in [6, 6.07) is 63.2. The maximum Gasteiger partial charge on any atom is 0.184 e. The second-order valence-electron chi connectivity index (χ2n) is 11.5. The standard InChI is InChI=1S/C42H29N3Si/c43-29-32-28-27-31(30-44-32)35-19-7-8-20-36(35)37-21-9-10-22-38(37)45-39-23-11-13-25-41(39)46(33-15-3-1-4-16-33,34-17-5-2-6-18-34)42-26-14-12-24-40(42)45/h1-28,30H. The summed E-state index contributed by atoms with van der Waals surface area (Å²) >= 11 is 0. The van der Waals surface area contributed by atoms with E-state index in [2.05, 4.69) is 174 Å². The number of anilines is 3. The van der Waals surface area contributed by atoms with Crippen molar-refractivity contribution in [2.45, 2.75) is 0 Å². The molecule has 216 valence electrons. The van der Waals surface area contributed by atoms with Crippen LogP contribution < -0.4 is 25.6 Å². The highest BCUT2D eigenvalue weighted by Crippen LogP contribution is 2.44. The summed E-state index contributed by atoms with van der Waals surface area (Å²) < 4.78 is 0. The molecule has 0 unspecified atom stereocenters. The molecule has 2 heterocycles. The van der Waals surface area contributed by atoms with Gasteiger partial charge >= 0.3 is 0 Å². The lowest BCUT2D eigenvalue weighted by Crippen LogP contribution is -2.77. The largest absolute Gasteiger partial charge is 0.310 e. The SMILES string of the molecule is N#Cc1ccc(-c2ccccc2-c2ccccc2N2c3ccccc3[Si](c3ccccc3)(c3ccccc3)c3ccccc32)cn1. The molecule has 0 saturated heterocycles. The van der Waals surface area contributed by atoms with E-state index in [4.69, 9.17) is 0 Å². The lowest BCUT2D eigenvalue weighted by atomic mass is 9.93. The van der Waals surface area contributed by atoms with Crippen molar-refractivity contribution in [1.82, 2.24) is 4.98 Å². The molecule has 8 rings (SSSR count). The molecule has 7 aromatic rings. The molecule has 0 radical (unpaired) electrons. The fourth-order valence-corrected chi connectivity index (χ4v) is 12.3.